The third-order valence-electron chi connectivity index (χ3n) is 3.18. The number of likely N-dealkylation sites (tertiary alicyclic amines) is 1. The van der Waals surface area contributed by atoms with Gasteiger partial charge in [-0.3, -0.25) is 9.59 Å². The van der Waals surface area contributed by atoms with Gasteiger partial charge < -0.3 is 4.90 Å². The van der Waals surface area contributed by atoms with Crippen molar-refractivity contribution in [3.63, 3.8) is 0 Å². The van der Waals surface area contributed by atoms with Gasteiger partial charge in [0.05, 0.1) is 6.07 Å². The molecule has 0 radical (unpaired) electrons. The number of hydrogen-bond donors (Lipinski definition) is 0. The maximum Gasteiger partial charge on any atom is 0.247 e. The van der Waals surface area contributed by atoms with E-state index in [2.05, 4.69) is 0 Å². The van der Waals surface area contributed by atoms with Crippen molar-refractivity contribution in [1.82, 2.24) is 4.90 Å². The lowest BCUT2D eigenvalue weighted by molar-refractivity contribution is -0.131. The Hall–Kier alpha value is -2.22. The van der Waals surface area contributed by atoms with E-state index < -0.39 is 23.4 Å². The molecule has 0 unspecified atom stereocenters. The molecule has 1 aliphatic heterocycles. The Morgan fingerprint density at radius 3 is 2.32 bits per heavy atom. The van der Waals surface area contributed by atoms with Crippen molar-refractivity contribution < 1.29 is 14.0 Å². The van der Waals surface area contributed by atoms with Crippen LogP contribution in [0.25, 0.3) is 0 Å². The first-order valence-corrected chi connectivity index (χ1v) is 6.11. The predicted molar refractivity (Wildman–Crippen MR) is 65.6 cm³/mol. The van der Waals surface area contributed by atoms with Gasteiger partial charge in [0.2, 0.25) is 5.91 Å². The summed E-state index contributed by atoms with van der Waals surface area (Å²) in [5.74, 6) is -2.81. The summed E-state index contributed by atoms with van der Waals surface area (Å²) in [6.07, 6.45) is 1.79. The van der Waals surface area contributed by atoms with Gasteiger partial charge in [0.1, 0.15) is 5.82 Å². The second-order valence-electron chi connectivity index (χ2n) is 4.47. The summed E-state index contributed by atoms with van der Waals surface area (Å²) in [5, 5.41) is 9.05. The van der Waals surface area contributed by atoms with Crippen LogP contribution in [0.2, 0.25) is 0 Å². The van der Waals surface area contributed by atoms with Crippen molar-refractivity contribution in [3.05, 3.63) is 35.6 Å². The molecule has 98 valence electrons. The van der Waals surface area contributed by atoms with Crippen LogP contribution in [0, 0.1) is 23.1 Å². The van der Waals surface area contributed by atoms with Crippen molar-refractivity contribution in [2.24, 2.45) is 5.92 Å². The number of nitrogens with zero attached hydrogens (tertiary/aromatic N) is 2. The molecule has 0 bridgehead atoms. The molecule has 0 aromatic heterocycles. The lowest BCUT2D eigenvalue weighted by atomic mass is 9.97. The Labute approximate surface area is 110 Å². The molecule has 4 nitrogen and oxygen atoms in total. The monoisotopic (exact) mass is 260 g/mol. The molecule has 0 aliphatic carbocycles. The van der Waals surface area contributed by atoms with E-state index in [1.807, 2.05) is 0 Å². The number of carbonyl (C=O) groups is 2. The molecule has 5 heteroatoms. The van der Waals surface area contributed by atoms with Gasteiger partial charge in [-0.15, -0.1) is 0 Å². The molecule has 1 aliphatic rings. The summed E-state index contributed by atoms with van der Waals surface area (Å²) in [7, 11) is 0. The van der Waals surface area contributed by atoms with E-state index in [9.17, 15) is 14.0 Å². The fourth-order valence-electron chi connectivity index (χ4n) is 2.13. The maximum absolute atomic E-state index is 12.8. The van der Waals surface area contributed by atoms with Crippen LogP contribution < -0.4 is 0 Å². The van der Waals surface area contributed by atoms with Gasteiger partial charge in [-0.05, 0) is 37.1 Å². The molecule has 0 saturated carbocycles. The summed E-state index contributed by atoms with van der Waals surface area (Å²) in [5.41, 5.74) is 0.181. The molecule has 0 N–H and O–H groups in total. The molecular weight excluding hydrogens is 247 g/mol. The van der Waals surface area contributed by atoms with Crippen LogP contribution in [0.15, 0.2) is 24.3 Å². The molecule has 1 aromatic rings. The minimum Gasteiger partial charge on any atom is -0.341 e. The Morgan fingerprint density at radius 1 is 1.21 bits per heavy atom. The standard InChI is InChI=1S/C14H13FN2O2/c15-11-5-3-10(4-6-11)13(18)12(9-16)14(19)17-7-1-2-8-17/h3-6,12H,1-2,7-8H2/t12-/m0/s1. The van der Waals surface area contributed by atoms with Crippen LogP contribution >= 0.6 is 0 Å². The van der Waals surface area contributed by atoms with Crippen LogP contribution in [-0.2, 0) is 4.79 Å². The van der Waals surface area contributed by atoms with Crippen LogP contribution in [0.4, 0.5) is 4.39 Å². The number of carbonyl (C=O) groups excluding carboxylic acids is 2. The number of benzene rings is 1. The third kappa shape index (κ3) is 2.79. The van der Waals surface area contributed by atoms with Gasteiger partial charge in [-0.25, -0.2) is 4.39 Å². The van der Waals surface area contributed by atoms with Gasteiger partial charge in [-0.1, -0.05) is 0 Å². The first-order valence-electron chi connectivity index (χ1n) is 6.11. The normalized spacial score (nSPS) is 15.9. The molecular formula is C14H13FN2O2. The van der Waals surface area contributed by atoms with Gasteiger partial charge >= 0.3 is 0 Å². The smallest absolute Gasteiger partial charge is 0.247 e. The lowest BCUT2D eigenvalue weighted by Crippen LogP contribution is -2.37. The molecule has 1 fully saturated rings. The van der Waals surface area contributed by atoms with Crippen molar-refractivity contribution in [2.45, 2.75) is 12.8 Å². The quantitative estimate of drug-likeness (QED) is 0.614. The van der Waals surface area contributed by atoms with Crippen LogP contribution in [0.1, 0.15) is 23.2 Å². The topological polar surface area (TPSA) is 61.2 Å². The highest BCUT2D eigenvalue weighted by atomic mass is 19.1. The Kier molecular flexibility index (Phi) is 3.91. The molecule has 1 heterocycles. The van der Waals surface area contributed by atoms with Crippen molar-refractivity contribution in [2.75, 3.05) is 13.1 Å². The summed E-state index contributed by atoms with van der Waals surface area (Å²) in [6, 6.07) is 6.62. The SMILES string of the molecule is N#C[C@@H](C(=O)c1ccc(F)cc1)C(=O)N1CCCC1. The van der Waals surface area contributed by atoms with E-state index in [1.54, 1.807) is 6.07 Å². The lowest BCUT2D eigenvalue weighted by Gasteiger charge is -2.17. The molecule has 1 amide bonds. The second kappa shape index (κ2) is 5.61. The van der Waals surface area contributed by atoms with Crippen molar-refractivity contribution in [3.8, 4) is 6.07 Å². The van der Waals surface area contributed by atoms with E-state index in [-0.39, 0.29) is 5.56 Å². The van der Waals surface area contributed by atoms with Gasteiger partial charge in [-0.2, -0.15) is 5.26 Å². The minimum absolute atomic E-state index is 0.181. The molecule has 1 atom stereocenters. The summed E-state index contributed by atoms with van der Waals surface area (Å²) >= 11 is 0. The molecule has 19 heavy (non-hydrogen) atoms. The Morgan fingerprint density at radius 2 is 1.79 bits per heavy atom. The predicted octanol–water partition coefficient (Wildman–Crippen LogP) is 1.77. The zero-order chi connectivity index (χ0) is 13.8. The van der Waals surface area contributed by atoms with E-state index in [0.717, 1.165) is 25.0 Å². The third-order valence-corrected chi connectivity index (χ3v) is 3.18. The number of Topliss-reactive ketones (excluding diaryl/α,β-unsaturated/α-hetero) is 1. The van der Waals surface area contributed by atoms with Crippen molar-refractivity contribution >= 4 is 11.7 Å². The number of halogens is 1. The van der Waals surface area contributed by atoms with Crippen LogP contribution in [0.5, 0.6) is 0 Å². The number of amides is 1. The van der Waals surface area contributed by atoms with Crippen LogP contribution in [-0.4, -0.2) is 29.7 Å². The average molecular weight is 260 g/mol. The highest BCUT2D eigenvalue weighted by molar-refractivity contribution is 6.12. The van der Waals surface area contributed by atoms with E-state index >= 15 is 0 Å². The van der Waals surface area contributed by atoms with E-state index in [1.165, 1.54) is 17.0 Å². The Bertz CT molecular complexity index is 527. The fraction of sp³-hybridized carbons (Fsp3) is 0.357. The largest absolute Gasteiger partial charge is 0.341 e. The number of nitriles is 1. The maximum atomic E-state index is 12.8. The van der Waals surface area contributed by atoms with Crippen LogP contribution in [0.3, 0.4) is 0 Å². The minimum atomic E-state index is -1.33. The number of rotatable bonds is 3. The highest BCUT2D eigenvalue weighted by Crippen LogP contribution is 2.16. The summed E-state index contributed by atoms with van der Waals surface area (Å²) < 4.78 is 12.8. The summed E-state index contributed by atoms with van der Waals surface area (Å²) in [6.45, 7) is 1.18. The zero-order valence-electron chi connectivity index (χ0n) is 10.3. The van der Waals surface area contributed by atoms with Gasteiger partial charge in [0, 0.05) is 18.7 Å². The molecule has 0 spiro atoms. The van der Waals surface area contributed by atoms with Gasteiger partial charge in [0.15, 0.2) is 11.7 Å². The van der Waals surface area contributed by atoms with Gasteiger partial charge in [0.25, 0.3) is 0 Å². The number of hydrogen-bond acceptors (Lipinski definition) is 3. The molecule has 1 saturated heterocycles. The average Bonchev–Trinajstić information content (AvgIpc) is 2.94. The van der Waals surface area contributed by atoms with E-state index in [0.29, 0.717) is 13.1 Å². The summed E-state index contributed by atoms with van der Waals surface area (Å²) in [4.78, 5) is 25.7. The first-order chi connectivity index (χ1) is 9.13. The molecule has 2 rings (SSSR count). The Balaban J connectivity index is 2.17. The van der Waals surface area contributed by atoms with Crippen molar-refractivity contribution in [1.29, 1.82) is 5.26 Å². The highest BCUT2D eigenvalue weighted by Gasteiger charge is 2.32. The second-order valence-corrected chi connectivity index (χ2v) is 4.47. The molecule has 1 aromatic carbocycles. The fourth-order valence-corrected chi connectivity index (χ4v) is 2.13. The number of ketones is 1. The zero-order valence-corrected chi connectivity index (χ0v) is 10.3. The van der Waals surface area contributed by atoms with E-state index in [4.69, 9.17) is 5.26 Å². The first kappa shape index (κ1) is 13.2.